The van der Waals surface area contributed by atoms with Crippen molar-refractivity contribution in [3.05, 3.63) is 82.1 Å². The number of piperidine rings is 1. The zero-order valence-corrected chi connectivity index (χ0v) is 44.5. The summed E-state index contributed by atoms with van der Waals surface area (Å²) in [6, 6.07) is 2.59. The molecule has 3 unspecified atom stereocenters. The van der Waals surface area contributed by atoms with Crippen molar-refractivity contribution in [2.24, 2.45) is 17.8 Å². The minimum Gasteiger partial charge on any atom is -0.502 e. The number of amides is 7. The molecule has 20 nitrogen and oxygen atoms in total. The Bertz CT molecular complexity index is 2640. The van der Waals surface area contributed by atoms with Crippen LogP contribution in [0.25, 0.3) is 10.9 Å². The van der Waals surface area contributed by atoms with E-state index in [4.69, 9.17) is 4.74 Å². The number of epoxide rings is 1. The molecular formula is C54H75N9O11. The Kier molecular flexibility index (Phi) is 18.0. The molecule has 3 fully saturated rings. The number of phenolic OH excluding ortho intramolecular Hbond substituents is 1. The molecule has 0 radical (unpaired) electrons. The summed E-state index contributed by atoms with van der Waals surface area (Å²) in [5, 5.41) is 34.3. The highest BCUT2D eigenvalue weighted by atomic mass is 16.6. The number of nitrogens with one attached hydrogen (secondary N) is 4. The summed E-state index contributed by atoms with van der Waals surface area (Å²) in [6.45, 7) is 17.5. The zero-order chi connectivity index (χ0) is 54.5. The molecule has 3 aliphatic rings. The van der Waals surface area contributed by atoms with E-state index in [1.165, 1.54) is 41.8 Å². The molecule has 0 spiro atoms. The van der Waals surface area contributed by atoms with Crippen molar-refractivity contribution in [2.45, 2.75) is 155 Å². The molecule has 2 aromatic carbocycles. The van der Waals surface area contributed by atoms with Crippen molar-refractivity contribution in [3.8, 4) is 5.75 Å². The predicted octanol–water partition coefficient (Wildman–Crippen LogP) is 4.10. The second-order valence-electron chi connectivity index (χ2n) is 21.8. The number of benzene rings is 2. The van der Waals surface area contributed by atoms with Crippen LogP contribution in [0.2, 0.25) is 0 Å². The lowest BCUT2D eigenvalue weighted by Gasteiger charge is -2.43. The van der Waals surface area contributed by atoms with Gasteiger partial charge in [-0.15, -0.1) is 0 Å². The molecule has 5 N–H and O–H groups in total. The van der Waals surface area contributed by atoms with Gasteiger partial charge >= 0.3 is 5.69 Å². The molecule has 402 valence electrons. The molecule has 3 aliphatic heterocycles. The Morgan fingerprint density at radius 2 is 1.41 bits per heavy atom. The molecule has 9 atom stereocenters. The van der Waals surface area contributed by atoms with Crippen LogP contribution in [0.1, 0.15) is 99.1 Å². The Hall–Kier alpha value is -6.83. The number of likely N-dealkylation sites (N-methyl/N-ethyl adjacent to an activating group) is 2. The number of rotatable bonds is 13. The predicted molar refractivity (Wildman–Crippen MR) is 277 cm³/mol. The number of nitro groups is 1. The fourth-order valence-electron chi connectivity index (χ4n) is 10.2. The van der Waals surface area contributed by atoms with Crippen LogP contribution in [0, 0.1) is 27.9 Å². The number of phenols is 1. The van der Waals surface area contributed by atoms with Gasteiger partial charge in [0.25, 0.3) is 0 Å². The van der Waals surface area contributed by atoms with Crippen molar-refractivity contribution in [3.63, 3.8) is 0 Å². The SMILES string of the molecule is C/C=C/CC1NC(=O)[C@H](CC(C)C)N2CC(C)C[C@@H](C2=O)N(C)C(=O)[C@H](C)NC(=O)[C@H](Cc2ccc(O)c([N+](=O)[O-])c2)NC(=O)[C@H](CC(C)C)N(C)C(=O)[C@H](Cc2cn(C(C)(C)C3CO3)c3ccccc23)NC1=O. The number of nitro benzene ring substituents is 1. The van der Waals surface area contributed by atoms with E-state index in [-0.39, 0.29) is 74.5 Å². The quantitative estimate of drug-likeness (QED) is 0.0705. The van der Waals surface area contributed by atoms with Crippen LogP contribution in [-0.2, 0) is 56.7 Å². The van der Waals surface area contributed by atoms with Crippen molar-refractivity contribution in [2.75, 3.05) is 27.2 Å². The number of hydrogen-bond acceptors (Lipinski definition) is 11. The normalized spacial score (nSPS) is 26.3. The van der Waals surface area contributed by atoms with E-state index in [2.05, 4.69) is 39.7 Å². The fraction of sp³-hybridized carbons (Fsp3) is 0.574. The van der Waals surface area contributed by atoms with Gasteiger partial charge < -0.3 is 50.4 Å². The van der Waals surface area contributed by atoms with Gasteiger partial charge in [0.15, 0.2) is 5.75 Å². The maximum Gasteiger partial charge on any atom is 0.310 e. The van der Waals surface area contributed by atoms with Crippen LogP contribution >= 0.6 is 0 Å². The topological polar surface area (TPSA) is 258 Å². The van der Waals surface area contributed by atoms with Gasteiger partial charge in [0.2, 0.25) is 41.4 Å². The average molecular weight is 1030 g/mol. The van der Waals surface area contributed by atoms with Crippen molar-refractivity contribution < 1.29 is 48.3 Å². The molecular weight excluding hydrogens is 951 g/mol. The number of aromatic hydroxyl groups is 1. The first kappa shape index (κ1) is 56.5. The Labute approximate surface area is 433 Å². The number of nitrogens with zero attached hydrogens (tertiary/aromatic N) is 5. The number of carbonyl (C=O) groups is 7. The lowest BCUT2D eigenvalue weighted by molar-refractivity contribution is -0.385. The van der Waals surface area contributed by atoms with Crippen LogP contribution in [0.4, 0.5) is 5.69 Å². The number of carbonyl (C=O) groups excluding carboxylic acids is 7. The fourth-order valence-corrected chi connectivity index (χ4v) is 10.2. The molecule has 20 heteroatoms. The monoisotopic (exact) mass is 1030 g/mol. The van der Waals surface area contributed by atoms with Crippen molar-refractivity contribution in [1.29, 1.82) is 0 Å². The molecule has 74 heavy (non-hydrogen) atoms. The first-order valence-corrected chi connectivity index (χ1v) is 25.7. The minimum atomic E-state index is -1.49. The maximum absolute atomic E-state index is 15.4. The van der Waals surface area contributed by atoms with Gasteiger partial charge in [0.05, 0.1) is 17.1 Å². The number of hydrogen-bond donors (Lipinski definition) is 5. The van der Waals surface area contributed by atoms with Crippen molar-refractivity contribution >= 4 is 57.9 Å². The Balaban J connectivity index is 1.50. The van der Waals surface area contributed by atoms with E-state index in [0.29, 0.717) is 12.2 Å². The van der Waals surface area contributed by atoms with Crippen LogP contribution in [0.5, 0.6) is 5.75 Å². The van der Waals surface area contributed by atoms with E-state index in [1.54, 1.807) is 19.1 Å². The first-order chi connectivity index (χ1) is 34.8. The average Bonchev–Trinajstić information content (AvgIpc) is 4.15. The number of para-hydroxylation sites is 1. The van der Waals surface area contributed by atoms with Crippen LogP contribution in [0.15, 0.2) is 60.8 Å². The summed E-state index contributed by atoms with van der Waals surface area (Å²) >= 11 is 0. The van der Waals surface area contributed by atoms with E-state index >= 15 is 4.79 Å². The van der Waals surface area contributed by atoms with Crippen LogP contribution in [-0.4, -0.2) is 146 Å². The largest absolute Gasteiger partial charge is 0.502 e. The number of fused-ring (bicyclic) bond motifs is 3. The standard InChI is InChI=1S/C54H75N9O11/c1-12-13-17-37-47(65)58-39(26-35-28-62(54(8,9)46-29-74-46)40-18-15-14-16-36(35)40)52(70)59(10)42(21-30(2)3)49(67)57-38(24-34-19-20-45(64)41(25-34)63(72)73)48(66)55-33(7)51(69)60(11)44-23-32(6)27-61(53(44)71)43(22-31(4)5)50(68)56-37/h12-16,18-20,25,28,30-33,37-39,42-44,46,64H,17,21-24,26-27,29H2,1-11H3,(H,55,66)(H,56,68)(H,57,67)(H,58,65)/b13-12+/t32?,33-,37?,38-,39-,42-,43-,44-,46?/m0/s1. The van der Waals surface area contributed by atoms with E-state index in [9.17, 15) is 44.0 Å². The van der Waals surface area contributed by atoms with E-state index in [0.717, 1.165) is 23.0 Å². The highest BCUT2D eigenvalue weighted by molar-refractivity contribution is 5.99. The summed E-state index contributed by atoms with van der Waals surface area (Å²) in [5.41, 5.74) is 0.648. The van der Waals surface area contributed by atoms with Gasteiger partial charge in [-0.3, -0.25) is 43.7 Å². The molecule has 3 aromatic rings. The van der Waals surface area contributed by atoms with Crippen LogP contribution in [0.3, 0.4) is 0 Å². The van der Waals surface area contributed by atoms with E-state index in [1.807, 2.05) is 65.1 Å². The summed E-state index contributed by atoms with van der Waals surface area (Å²) < 4.78 is 7.86. The number of aromatic nitrogens is 1. The van der Waals surface area contributed by atoms with E-state index < -0.39 is 106 Å². The van der Waals surface area contributed by atoms with Gasteiger partial charge in [-0.1, -0.05) is 71.0 Å². The minimum absolute atomic E-state index is 0.0290. The molecule has 6 rings (SSSR count). The molecule has 3 saturated heterocycles. The number of allylic oxidation sites excluding steroid dienone is 1. The third-order valence-corrected chi connectivity index (χ3v) is 14.6. The molecule has 7 amide bonds. The maximum atomic E-state index is 15.4. The summed E-state index contributed by atoms with van der Waals surface area (Å²) in [6.07, 6.45) is 5.55. The summed E-state index contributed by atoms with van der Waals surface area (Å²) in [5.74, 6) is -5.77. The number of ether oxygens (including phenoxy) is 1. The third-order valence-electron chi connectivity index (χ3n) is 14.6. The molecule has 0 saturated carbocycles. The third kappa shape index (κ3) is 12.9. The molecule has 0 aliphatic carbocycles. The lowest BCUT2D eigenvalue weighted by atomic mass is 9.90. The molecule has 1 aromatic heterocycles. The Morgan fingerprint density at radius 3 is 2.04 bits per heavy atom. The second-order valence-corrected chi connectivity index (χ2v) is 21.8. The van der Waals surface area contributed by atoms with Crippen molar-refractivity contribution in [1.82, 2.24) is 40.5 Å². The highest BCUT2D eigenvalue weighted by Crippen LogP contribution is 2.36. The molecule has 4 heterocycles. The lowest BCUT2D eigenvalue weighted by Crippen LogP contribution is -2.63. The molecule has 2 bridgehead atoms. The second kappa shape index (κ2) is 23.6. The Morgan fingerprint density at radius 1 is 0.797 bits per heavy atom. The van der Waals surface area contributed by atoms with Crippen LogP contribution < -0.4 is 21.3 Å². The first-order valence-electron chi connectivity index (χ1n) is 25.7. The van der Waals surface area contributed by atoms with Gasteiger partial charge in [-0.2, -0.15) is 0 Å². The van der Waals surface area contributed by atoms with Gasteiger partial charge in [0.1, 0.15) is 48.4 Å². The highest BCUT2D eigenvalue weighted by Gasteiger charge is 2.45. The van der Waals surface area contributed by atoms with Gasteiger partial charge in [-0.05, 0) is 94.4 Å². The zero-order valence-electron chi connectivity index (χ0n) is 44.5. The summed E-state index contributed by atoms with van der Waals surface area (Å²) in [4.78, 5) is 118. The van der Waals surface area contributed by atoms with Gasteiger partial charge in [-0.25, -0.2) is 0 Å². The smallest absolute Gasteiger partial charge is 0.310 e. The van der Waals surface area contributed by atoms with Gasteiger partial charge in [0, 0.05) is 56.6 Å². The summed E-state index contributed by atoms with van der Waals surface area (Å²) in [7, 11) is 2.89.